The van der Waals surface area contributed by atoms with Gasteiger partial charge in [-0.1, -0.05) is 11.2 Å². The highest BCUT2D eigenvalue weighted by Crippen LogP contribution is 2.29. The van der Waals surface area contributed by atoms with Gasteiger partial charge in [-0.3, -0.25) is 9.88 Å². The minimum absolute atomic E-state index is 0.177. The molecule has 0 amide bonds. The summed E-state index contributed by atoms with van der Waals surface area (Å²) in [5.74, 6) is 0.293. The molecule has 2 N–H and O–H groups in total. The molecule has 1 aliphatic heterocycles. The average Bonchev–Trinajstić information content (AvgIpc) is 3.68. The summed E-state index contributed by atoms with van der Waals surface area (Å²) in [6.45, 7) is 5.92. The number of hydrogen-bond donors (Lipinski definition) is 1. The second-order valence-corrected chi connectivity index (χ2v) is 9.78. The Labute approximate surface area is 227 Å². The second kappa shape index (κ2) is 9.28. The molecule has 0 atom stereocenters. The quantitative estimate of drug-likeness (QED) is 0.348. The molecule has 0 aliphatic carbocycles. The SMILES string of the molecule is Cc1noc2cc(F)c(N3CCN(CCn4c(C#N)cc5c4nc(N)n4nc(-c6ccccn6)nc54)CC3)cc12. The van der Waals surface area contributed by atoms with Crippen LogP contribution in [-0.4, -0.2) is 71.9 Å². The van der Waals surface area contributed by atoms with E-state index in [4.69, 9.17) is 10.3 Å². The van der Waals surface area contributed by atoms with Crippen LogP contribution in [-0.2, 0) is 6.54 Å². The van der Waals surface area contributed by atoms with Crippen molar-refractivity contribution < 1.29 is 8.91 Å². The molecule has 7 rings (SSSR count). The number of pyridine rings is 1. The summed E-state index contributed by atoms with van der Waals surface area (Å²) >= 11 is 0. The zero-order chi connectivity index (χ0) is 27.4. The monoisotopic (exact) mass is 537 g/mol. The summed E-state index contributed by atoms with van der Waals surface area (Å²) < 4.78 is 23.4. The first kappa shape index (κ1) is 24.0. The van der Waals surface area contributed by atoms with Crippen molar-refractivity contribution in [3.8, 4) is 17.6 Å². The minimum Gasteiger partial charge on any atom is -0.368 e. The van der Waals surface area contributed by atoms with Crippen molar-refractivity contribution in [2.75, 3.05) is 43.4 Å². The molecule has 0 saturated carbocycles. The Hall–Kier alpha value is -5.09. The van der Waals surface area contributed by atoms with Gasteiger partial charge in [-0.05, 0) is 31.2 Å². The van der Waals surface area contributed by atoms with Gasteiger partial charge in [0.15, 0.2) is 11.2 Å². The fourth-order valence-electron chi connectivity index (χ4n) is 5.31. The number of benzene rings is 1. The van der Waals surface area contributed by atoms with Crippen LogP contribution < -0.4 is 10.6 Å². The predicted octanol–water partition coefficient (Wildman–Crippen LogP) is 3.01. The molecule has 1 aromatic carbocycles. The third kappa shape index (κ3) is 3.88. The Morgan fingerprint density at radius 1 is 1.05 bits per heavy atom. The highest BCUT2D eigenvalue weighted by atomic mass is 19.1. The molecular formula is C27H24FN11O. The van der Waals surface area contributed by atoms with Crippen LogP contribution in [0.15, 0.2) is 47.1 Å². The summed E-state index contributed by atoms with van der Waals surface area (Å²) in [4.78, 5) is 17.9. The maximum atomic E-state index is 14.8. The topological polar surface area (TPSA) is 143 Å². The molecule has 1 saturated heterocycles. The van der Waals surface area contributed by atoms with Crippen LogP contribution in [0.1, 0.15) is 11.4 Å². The minimum atomic E-state index is -0.316. The molecule has 6 aromatic rings. The highest BCUT2D eigenvalue weighted by molar-refractivity contribution is 5.93. The summed E-state index contributed by atoms with van der Waals surface area (Å²) in [6, 6.07) is 12.8. The van der Waals surface area contributed by atoms with E-state index in [1.54, 1.807) is 12.3 Å². The van der Waals surface area contributed by atoms with Crippen LogP contribution in [0.25, 0.3) is 39.2 Å². The van der Waals surface area contributed by atoms with Crippen LogP contribution in [0, 0.1) is 24.1 Å². The van der Waals surface area contributed by atoms with E-state index >= 15 is 0 Å². The number of fused-ring (bicyclic) bond motifs is 4. The van der Waals surface area contributed by atoms with Gasteiger partial charge in [0.25, 0.3) is 0 Å². The lowest BCUT2D eigenvalue weighted by molar-refractivity contribution is 0.248. The first-order valence-electron chi connectivity index (χ1n) is 12.9. The van der Waals surface area contributed by atoms with E-state index in [1.165, 1.54) is 10.6 Å². The number of rotatable bonds is 5. The van der Waals surface area contributed by atoms with Crippen LogP contribution in [0.5, 0.6) is 0 Å². The number of nitrogen functional groups attached to an aromatic ring is 1. The lowest BCUT2D eigenvalue weighted by Gasteiger charge is -2.36. The fraction of sp³-hybridized carbons (Fsp3) is 0.259. The zero-order valence-electron chi connectivity index (χ0n) is 21.6. The molecule has 13 heteroatoms. The van der Waals surface area contributed by atoms with Gasteiger partial charge in [0.05, 0.1) is 16.8 Å². The van der Waals surface area contributed by atoms with Crippen molar-refractivity contribution in [3.63, 3.8) is 0 Å². The number of nitrogens with zero attached hydrogens (tertiary/aromatic N) is 10. The van der Waals surface area contributed by atoms with Crippen molar-refractivity contribution in [2.45, 2.75) is 13.5 Å². The molecular weight excluding hydrogens is 513 g/mol. The standard InChI is InChI=1S/C27H24FN11O/c1-16-18-13-22(20(28)14-23(18)40-35-16)37-9-6-36(7-10-37)8-11-38-17(15-29)12-19-25(38)33-27(30)39-26(19)32-24(34-39)21-4-2-3-5-31-21/h2-5,12-14H,6-11H2,1H3,(H2,30,33). The van der Waals surface area contributed by atoms with Crippen molar-refractivity contribution >= 4 is 39.3 Å². The van der Waals surface area contributed by atoms with E-state index in [9.17, 15) is 9.65 Å². The molecule has 40 heavy (non-hydrogen) atoms. The number of nitriles is 1. The summed E-state index contributed by atoms with van der Waals surface area (Å²) in [5, 5.41) is 19.8. The third-order valence-electron chi connectivity index (χ3n) is 7.44. The maximum absolute atomic E-state index is 14.8. The number of aryl methyl sites for hydroxylation is 1. The molecule has 5 aromatic heterocycles. The predicted molar refractivity (Wildman–Crippen MR) is 146 cm³/mol. The third-order valence-corrected chi connectivity index (χ3v) is 7.44. The highest BCUT2D eigenvalue weighted by Gasteiger charge is 2.23. The fourth-order valence-corrected chi connectivity index (χ4v) is 5.31. The molecule has 12 nitrogen and oxygen atoms in total. The van der Waals surface area contributed by atoms with Gasteiger partial charge in [-0.25, -0.2) is 9.37 Å². The summed E-state index contributed by atoms with van der Waals surface area (Å²) in [6.07, 6.45) is 1.68. The number of nitrogens with two attached hydrogens (primary N) is 1. The Morgan fingerprint density at radius 2 is 1.90 bits per heavy atom. The number of hydrogen-bond acceptors (Lipinski definition) is 10. The van der Waals surface area contributed by atoms with Gasteiger partial charge < -0.3 is 19.7 Å². The Bertz CT molecular complexity index is 1930. The van der Waals surface area contributed by atoms with Gasteiger partial charge in [0.1, 0.15) is 28.9 Å². The first-order chi connectivity index (χ1) is 19.5. The molecule has 1 fully saturated rings. The van der Waals surface area contributed by atoms with Crippen molar-refractivity contribution in [2.24, 2.45) is 0 Å². The van der Waals surface area contributed by atoms with Gasteiger partial charge in [-0.15, -0.1) is 5.10 Å². The smallest absolute Gasteiger partial charge is 0.225 e. The van der Waals surface area contributed by atoms with E-state index in [0.717, 1.165) is 24.2 Å². The van der Waals surface area contributed by atoms with Gasteiger partial charge in [-0.2, -0.15) is 14.8 Å². The molecule has 0 radical (unpaired) electrons. The largest absolute Gasteiger partial charge is 0.368 e. The number of halogens is 1. The van der Waals surface area contributed by atoms with Gasteiger partial charge >= 0.3 is 0 Å². The lowest BCUT2D eigenvalue weighted by Crippen LogP contribution is -2.47. The van der Waals surface area contributed by atoms with E-state index in [-0.39, 0.29) is 11.8 Å². The zero-order valence-corrected chi connectivity index (χ0v) is 21.6. The van der Waals surface area contributed by atoms with Crippen LogP contribution in [0.4, 0.5) is 16.0 Å². The first-order valence-corrected chi connectivity index (χ1v) is 12.9. The van der Waals surface area contributed by atoms with Crippen LogP contribution in [0.3, 0.4) is 0 Å². The molecule has 1 aliphatic rings. The van der Waals surface area contributed by atoms with Crippen molar-refractivity contribution in [3.05, 3.63) is 59.8 Å². The molecule has 6 heterocycles. The van der Waals surface area contributed by atoms with Crippen molar-refractivity contribution in [1.82, 2.24) is 39.2 Å². The van der Waals surface area contributed by atoms with Crippen LogP contribution >= 0.6 is 0 Å². The number of anilines is 2. The molecule has 0 bridgehead atoms. The van der Waals surface area contributed by atoms with E-state index in [1.807, 2.05) is 40.7 Å². The van der Waals surface area contributed by atoms with Crippen molar-refractivity contribution in [1.29, 1.82) is 5.26 Å². The van der Waals surface area contributed by atoms with Crippen LogP contribution in [0.2, 0.25) is 0 Å². The molecule has 0 unspecified atom stereocenters. The van der Waals surface area contributed by atoms with E-state index in [2.05, 4.69) is 36.2 Å². The number of aromatic nitrogens is 7. The Morgan fingerprint density at radius 3 is 2.67 bits per heavy atom. The van der Waals surface area contributed by atoms with E-state index < -0.39 is 0 Å². The maximum Gasteiger partial charge on any atom is 0.225 e. The summed E-state index contributed by atoms with van der Waals surface area (Å²) in [5.41, 5.74) is 10.2. The van der Waals surface area contributed by atoms with Gasteiger partial charge in [0.2, 0.25) is 11.8 Å². The average molecular weight is 538 g/mol. The normalized spacial score (nSPS) is 14.5. The second-order valence-electron chi connectivity index (χ2n) is 9.78. The van der Waals surface area contributed by atoms with E-state index in [0.29, 0.717) is 71.3 Å². The summed E-state index contributed by atoms with van der Waals surface area (Å²) in [7, 11) is 0. The Balaban J connectivity index is 1.11. The molecule has 200 valence electrons. The Kier molecular flexibility index (Phi) is 5.56. The lowest BCUT2D eigenvalue weighted by atomic mass is 10.1. The van der Waals surface area contributed by atoms with Gasteiger partial charge in [0, 0.05) is 56.9 Å². The number of piperazine rings is 1. The molecule has 0 spiro atoms.